The fraction of sp³-hybridized carbons (Fsp3) is 0.176. The van der Waals surface area contributed by atoms with Crippen LogP contribution in [0, 0.1) is 0 Å². The maximum atomic E-state index is 12.5. The van der Waals surface area contributed by atoms with Crippen molar-refractivity contribution in [2.75, 3.05) is 10.6 Å². The number of urea groups is 1. The van der Waals surface area contributed by atoms with Gasteiger partial charge in [-0.3, -0.25) is 4.79 Å². The van der Waals surface area contributed by atoms with Gasteiger partial charge in [-0.05, 0) is 29.3 Å². The maximum Gasteiger partial charge on any atom is 0.416 e. The first-order valence-corrected chi connectivity index (χ1v) is 7.45. The molecule has 2 aromatic carbocycles. The molecule has 3 amide bonds. The van der Waals surface area contributed by atoms with Gasteiger partial charge in [-0.2, -0.15) is 13.2 Å². The van der Waals surface area contributed by atoms with Gasteiger partial charge >= 0.3 is 12.2 Å². The number of hydrogen-bond acceptors (Lipinski definition) is 2. The van der Waals surface area contributed by atoms with Crippen LogP contribution in [0.25, 0.3) is 0 Å². The number of halogens is 3. The smallest absolute Gasteiger partial charge is 0.334 e. The van der Waals surface area contributed by atoms with E-state index in [1.54, 1.807) is 18.2 Å². The van der Waals surface area contributed by atoms with E-state index >= 15 is 0 Å². The minimum Gasteiger partial charge on any atom is -0.334 e. The standard InChI is InChI=1S/C17H14F3N3O2/c18-17(19,20)12-6-4-10(5-7-12)9-21-16(25)22-13-3-1-2-11-8-14(24)23-15(11)13/h1-7H,8-9H2,(H,23,24)(H2,21,22,25). The van der Waals surface area contributed by atoms with Crippen LogP contribution in [0.2, 0.25) is 0 Å². The summed E-state index contributed by atoms with van der Waals surface area (Å²) in [6, 6.07) is 9.20. The number of fused-ring (bicyclic) bond motifs is 1. The third-order valence-corrected chi connectivity index (χ3v) is 3.75. The number of nitrogens with one attached hydrogen (secondary N) is 3. The van der Waals surface area contributed by atoms with Crippen LogP contribution < -0.4 is 16.0 Å². The van der Waals surface area contributed by atoms with Crippen molar-refractivity contribution in [2.45, 2.75) is 19.1 Å². The van der Waals surface area contributed by atoms with Crippen LogP contribution in [0.4, 0.5) is 29.3 Å². The highest BCUT2D eigenvalue weighted by Gasteiger charge is 2.29. The third kappa shape index (κ3) is 3.90. The summed E-state index contributed by atoms with van der Waals surface area (Å²) < 4.78 is 37.5. The van der Waals surface area contributed by atoms with Crippen LogP contribution in [-0.4, -0.2) is 11.9 Å². The summed E-state index contributed by atoms with van der Waals surface area (Å²) in [4.78, 5) is 23.4. The number of alkyl halides is 3. The third-order valence-electron chi connectivity index (χ3n) is 3.75. The minimum atomic E-state index is -4.39. The Kier molecular flexibility index (Phi) is 4.35. The van der Waals surface area contributed by atoms with Crippen LogP contribution in [0.1, 0.15) is 16.7 Å². The Hall–Kier alpha value is -3.03. The molecular weight excluding hydrogens is 335 g/mol. The molecular formula is C17H14F3N3O2. The molecule has 0 bridgehead atoms. The zero-order valence-electron chi connectivity index (χ0n) is 12.9. The highest BCUT2D eigenvalue weighted by atomic mass is 19.4. The van der Waals surface area contributed by atoms with E-state index in [0.717, 1.165) is 17.7 Å². The summed E-state index contributed by atoms with van der Waals surface area (Å²) in [7, 11) is 0. The molecule has 0 aliphatic carbocycles. The van der Waals surface area contributed by atoms with Crippen molar-refractivity contribution < 1.29 is 22.8 Å². The summed E-state index contributed by atoms with van der Waals surface area (Å²) in [6.45, 7) is 0.0748. The molecule has 0 spiro atoms. The van der Waals surface area contributed by atoms with E-state index < -0.39 is 17.8 Å². The Morgan fingerprint density at radius 2 is 1.84 bits per heavy atom. The Morgan fingerprint density at radius 3 is 2.52 bits per heavy atom. The average Bonchev–Trinajstić information content (AvgIpc) is 2.94. The summed E-state index contributed by atoms with van der Waals surface area (Å²) in [5.74, 6) is -0.144. The van der Waals surface area contributed by atoms with Gasteiger partial charge in [0.15, 0.2) is 0 Å². The lowest BCUT2D eigenvalue weighted by Crippen LogP contribution is -2.28. The molecule has 0 fully saturated rings. The van der Waals surface area contributed by atoms with E-state index in [-0.39, 0.29) is 18.9 Å². The van der Waals surface area contributed by atoms with Crippen LogP contribution >= 0.6 is 0 Å². The van der Waals surface area contributed by atoms with Gasteiger partial charge in [0.2, 0.25) is 5.91 Å². The Labute approximate surface area is 141 Å². The predicted octanol–water partition coefficient (Wildman–Crippen LogP) is 3.52. The quantitative estimate of drug-likeness (QED) is 0.793. The second-order valence-electron chi connectivity index (χ2n) is 5.57. The second kappa shape index (κ2) is 6.46. The SMILES string of the molecule is O=C1Cc2cccc(NC(=O)NCc3ccc(C(F)(F)F)cc3)c2N1. The van der Waals surface area contributed by atoms with Gasteiger partial charge in [-0.25, -0.2) is 4.79 Å². The van der Waals surface area contributed by atoms with Crippen LogP contribution in [0.5, 0.6) is 0 Å². The summed E-state index contributed by atoms with van der Waals surface area (Å²) >= 11 is 0. The van der Waals surface area contributed by atoms with E-state index in [1.807, 2.05) is 0 Å². The number of rotatable bonds is 3. The molecule has 1 heterocycles. The molecule has 0 saturated heterocycles. The number of hydrogen-bond donors (Lipinski definition) is 3. The van der Waals surface area contributed by atoms with Crippen molar-refractivity contribution in [2.24, 2.45) is 0 Å². The molecule has 5 nitrogen and oxygen atoms in total. The topological polar surface area (TPSA) is 70.2 Å². The van der Waals surface area contributed by atoms with Gasteiger partial charge in [0.1, 0.15) is 0 Å². The van der Waals surface area contributed by atoms with Crippen molar-refractivity contribution in [1.29, 1.82) is 0 Å². The van der Waals surface area contributed by atoms with Gasteiger partial charge < -0.3 is 16.0 Å². The monoisotopic (exact) mass is 349 g/mol. The Bertz CT molecular complexity index is 817. The average molecular weight is 349 g/mol. The zero-order valence-corrected chi connectivity index (χ0v) is 12.9. The molecule has 130 valence electrons. The first-order chi connectivity index (χ1) is 11.8. The van der Waals surface area contributed by atoms with E-state index in [9.17, 15) is 22.8 Å². The van der Waals surface area contributed by atoms with Crippen LogP contribution in [0.3, 0.4) is 0 Å². The molecule has 1 aliphatic heterocycles. The predicted molar refractivity (Wildman–Crippen MR) is 86.1 cm³/mol. The lowest BCUT2D eigenvalue weighted by Gasteiger charge is -2.12. The number of amides is 3. The highest BCUT2D eigenvalue weighted by molar-refractivity contribution is 6.05. The number of anilines is 2. The Balaban J connectivity index is 1.59. The van der Waals surface area contributed by atoms with Crippen molar-refractivity contribution in [1.82, 2.24) is 5.32 Å². The normalized spacial score (nSPS) is 13.2. The molecule has 0 saturated carbocycles. The largest absolute Gasteiger partial charge is 0.416 e. The van der Waals surface area contributed by atoms with E-state index in [4.69, 9.17) is 0 Å². The van der Waals surface area contributed by atoms with Crippen molar-refractivity contribution in [3.05, 3.63) is 59.2 Å². The zero-order chi connectivity index (χ0) is 18.0. The molecule has 3 rings (SSSR count). The van der Waals surface area contributed by atoms with Crippen molar-refractivity contribution >= 4 is 23.3 Å². The van der Waals surface area contributed by atoms with Crippen LogP contribution in [0.15, 0.2) is 42.5 Å². The lowest BCUT2D eigenvalue weighted by atomic mass is 10.1. The second-order valence-corrected chi connectivity index (χ2v) is 5.57. The molecule has 3 N–H and O–H groups in total. The molecule has 0 radical (unpaired) electrons. The van der Waals surface area contributed by atoms with Gasteiger partial charge in [0, 0.05) is 6.54 Å². The molecule has 0 atom stereocenters. The number of benzene rings is 2. The van der Waals surface area contributed by atoms with E-state index in [2.05, 4.69) is 16.0 Å². The molecule has 2 aromatic rings. The summed E-state index contributed by atoms with van der Waals surface area (Å²) in [5.41, 5.74) is 1.63. The van der Waals surface area contributed by atoms with Crippen molar-refractivity contribution in [3.63, 3.8) is 0 Å². The van der Waals surface area contributed by atoms with E-state index in [0.29, 0.717) is 16.9 Å². The molecule has 0 aromatic heterocycles. The molecule has 1 aliphatic rings. The summed E-state index contributed by atoms with van der Waals surface area (Å²) in [5, 5.41) is 7.87. The molecule has 8 heteroatoms. The fourth-order valence-electron chi connectivity index (χ4n) is 2.52. The minimum absolute atomic E-state index is 0.0748. The fourth-order valence-corrected chi connectivity index (χ4v) is 2.52. The first-order valence-electron chi connectivity index (χ1n) is 7.45. The lowest BCUT2D eigenvalue weighted by molar-refractivity contribution is -0.137. The van der Waals surface area contributed by atoms with Gasteiger partial charge in [0.25, 0.3) is 0 Å². The highest BCUT2D eigenvalue weighted by Crippen LogP contribution is 2.31. The van der Waals surface area contributed by atoms with E-state index in [1.165, 1.54) is 12.1 Å². The first kappa shape index (κ1) is 16.8. The van der Waals surface area contributed by atoms with Crippen molar-refractivity contribution in [3.8, 4) is 0 Å². The van der Waals surface area contributed by atoms with Gasteiger partial charge in [0.05, 0.1) is 23.4 Å². The molecule has 0 unspecified atom stereocenters. The van der Waals surface area contributed by atoms with Crippen LogP contribution in [-0.2, 0) is 23.9 Å². The number of para-hydroxylation sites is 1. The molecule has 25 heavy (non-hydrogen) atoms. The Morgan fingerprint density at radius 1 is 1.12 bits per heavy atom. The van der Waals surface area contributed by atoms with Gasteiger partial charge in [-0.1, -0.05) is 24.3 Å². The maximum absolute atomic E-state index is 12.5. The van der Waals surface area contributed by atoms with Gasteiger partial charge in [-0.15, -0.1) is 0 Å². The number of carbonyl (C=O) groups excluding carboxylic acids is 2. The number of carbonyl (C=O) groups is 2. The summed E-state index contributed by atoms with van der Waals surface area (Å²) in [6.07, 6.45) is -4.13.